The van der Waals surface area contributed by atoms with Crippen LogP contribution in [0.4, 0.5) is 0 Å². The van der Waals surface area contributed by atoms with Crippen molar-refractivity contribution in [1.82, 2.24) is 4.90 Å². The Bertz CT molecular complexity index is 1310. The molecule has 1 aromatic heterocycles. The summed E-state index contributed by atoms with van der Waals surface area (Å²) in [5, 5.41) is 19.6. The summed E-state index contributed by atoms with van der Waals surface area (Å²) in [4.78, 5) is 15.1. The molecule has 1 fully saturated rings. The fourth-order valence-electron chi connectivity index (χ4n) is 3.19. The lowest BCUT2D eigenvalue weighted by Crippen LogP contribution is -2.28. The molecule has 35 heavy (non-hydrogen) atoms. The molecule has 8 nitrogen and oxygen atoms in total. The van der Waals surface area contributed by atoms with E-state index in [9.17, 15) is 9.90 Å². The fraction of sp³-hybridized carbons (Fsp3) is 0.125. The number of hydrogen-bond donors (Lipinski definition) is 1. The molecule has 2 aromatic carbocycles. The summed E-state index contributed by atoms with van der Waals surface area (Å²) in [6, 6.07) is 11.9. The van der Waals surface area contributed by atoms with Gasteiger partial charge < -0.3 is 19.0 Å². The number of nitrogens with zero attached hydrogens (tertiary/aromatic N) is 3. The number of phenols is 1. The molecule has 4 rings (SSSR count). The average Bonchev–Trinajstić information content (AvgIpc) is 3.47. The van der Waals surface area contributed by atoms with Crippen molar-refractivity contribution in [2.75, 3.05) is 14.2 Å². The van der Waals surface area contributed by atoms with Gasteiger partial charge in [-0.1, -0.05) is 35.3 Å². The van der Waals surface area contributed by atoms with Crippen LogP contribution in [0.25, 0.3) is 6.08 Å². The molecule has 3 aromatic rings. The smallest absolute Gasteiger partial charge is 0.267 e. The number of amides is 1. The molecule has 11 heteroatoms. The molecule has 0 atom stereocenters. The van der Waals surface area contributed by atoms with E-state index in [-0.39, 0.29) is 29.7 Å². The van der Waals surface area contributed by atoms with Crippen LogP contribution >= 0.6 is 35.0 Å². The Labute approximate surface area is 215 Å². The minimum atomic E-state index is -0.274. The van der Waals surface area contributed by atoms with Crippen molar-refractivity contribution in [2.24, 2.45) is 10.2 Å². The largest absolute Gasteiger partial charge is 0.502 e. The number of furan rings is 1. The van der Waals surface area contributed by atoms with Gasteiger partial charge in [-0.2, -0.15) is 5.10 Å². The van der Waals surface area contributed by atoms with E-state index in [0.29, 0.717) is 37.0 Å². The van der Waals surface area contributed by atoms with Crippen LogP contribution in [0.3, 0.4) is 0 Å². The van der Waals surface area contributed by atoms with E-state index < -0.39 is 0 Å². The predicted molar refractivity (Wildman–Crippen MR) is 138 cm³/mol. The van der Waals surface area contributed by atoms with Crippen LogP contribution in [-0.4, -0.2) is 41.5 Å². The highest BCUT2D eigenvalue weighted by atomic mass is 35.5. The number of amidine groups is 1. The number of phenolic OH excluding ortho intramolecular Hbond substituents is 1. The van der Waals surface area contributed by atoms with E-state index >= 15 is 0 Å². The Morgan fingerprint density at radius 1 is 1.14 bits per heavy atom. The third kappa shape index (κ3) is 5.48. The predicted octanol–water partition coefficient (Wildman–Crippen LogP) is 5.82. The third-order valence-electron chi connectivity index (χ3n) is 4.90. The minimum absolute atomic E-state index is 0.116. The monoisotopic (exact) mass is 531 g/mol. The second-order valence-electron chi connectivity index (χ2n) is 7.13. The number of aromatic hydroxyl groups is 1. The number of benzene rings is 2. The number of ether oxygens (including phenoxy) is 2. The van der Waals surface area contributed by atoms with Crippen molar-refractivity contribution >= 4 is 58.3 Å². The lowest BCUT2D eigenvalue weighted by molar-refractivity contribution is -0.122. The van der Waals surface area contributed by atoms with Crippen LogP contribution in [0, 0.1) is 0 Å². The van der Waals surface area contributed by atoms with Gasteiger partial charge in [-0.3, -0.25) is 9.69 Å². The second-order valence-corrected chi connectivity index (χ2v) is 8.92. The second kappa shape index (κ2) is 10.9. The lowest BCUT2D eigenvalue weighted by Gasteiger charge is -2.12. The summed E-state index contributed by atoms with van der Waals surface area (Å²) in [6.45, 7) is 0.175. The van der Waals surface area contributed by atoms with Gasteiger partial charge in [-0.05, 0) is 53.7 Å². The fourth-order valence-corrected chi connectivity index (χ4v) is 4.47. The first kappa shape index (κ1) is 24.7. The van der Waals surface area contributed by atoms with Gasteiger partial charge in [0.25, 0.3) is 5.91 Å². The molecule has 0 bridgehead atoms. The quantitative estimate of drug-likeness (QED) is 0.234. The average molecular weight is 532 g/mol. The van der Waals surface area contributed by atoms with Crippen LogP contribution in [0.5, 0.6) is 17.2 Å². The summed E-state index contributed by atoms with van der Waals surface area (Å²) in [7, 11) is 2.87. The lowest BCUT2D eigenvalue weighted by atomic mass is 10.2. The Hall–Kier alpha value is -3.40. The first-order chi connectivity index (χ1) is 16.9. The van der Waals surface area contributed by atoms with Crippen molar-refractivity contribution in [3.8, 4) is 17.2 Å². The molecule has 180 valence electrons. The highest BCUT2D eigenvalue weighted by molar-refractivity contribution is 8.18. The molecular weight excluding hydrogens is 513 g/mol. The number of methoxy groups -OCH3 is 2. The molecule has 1 amide bonds. The topological polar surface area (TPSA) is 96.9 Å². The van der Waals surface area contributed by atoms with Gasteiger partial charge in [0.05, 0.1) is 48.2 Å². The molecule has 0 saturated carbocycles. The summed E-state index contributed by atoms with van der Waals surface area (Å²) < 4.78 is 15.7. The van der Waals surface area contributed by atoms with Crippen LogP contribution < -0.4 is 9.47 Å². The maximum Gasteiger partial charge on any atom is 0.267 e. The van der Waals surface area contributed by atoms with Crippen LogP contribution in [0.15, 0.2) is 68.3 Å². The Kier molecular flexibility index (Phi) is 7.70. The Morgan fingerprint density at radius 3 is 2.54 bits per heavy atom. The summed E-state index contributed by atoms with van der Waals surface area (Å²) in [5.41, 5.74) is 1.19. The Balaban J connectivity index is 1.66. The maximum absolute atomic E-state index is 13.2. The maximum atomic E-state index is 13.2. The third-order valence-corrected chi connectivity index (χ3v) is 6.73. The summed E-state index contributed by atoms with van der Waals surface area (Å²) in [6.07, 6.45) is 4.66. The van der Waals surface area contributed by atoms with E-state index in [1.807, 2.05) is 0 Å². The van der Waals surface area contributed by atoms with E-state index in [4.69, 9.17) is 37.1 Å². The number of hydrogen-bond acceptors (Lipinski definition) is 8. The van der Waals surface area contributed by atoms with Gasteiger partial charge in [-0.25, -0.2) is 0 Å². The van der Waals surface area contributed by atoms with Gasteiger partial charge in [0.15, 0.2) is 16.7 Å². The number of thioether (sulfide) groups is 1. The number of carbonyl (C=O) groups is 1. The van der Waals surface area contributed by atoms with Crippen LogP contribution in [-0.2, 0) is 11.3 Å². The number of halogens is 2. The molecule has 0 unspecified atom stereocenters. The van der Waals surface area contributed by atoms with Crippen molar-refractivity contribution < 1.29 is 23.8 Å². The number of rotatable bonds is 7. The van der Waals surface area contributed by atoms with Gasteiger partial charge >= 0.3 is 0 Å². The SMILES string of the molecule is COc1cc(/C=N\N=C2\S/C(=C\c3cccc(Cl)c3Cl)C(=O)N2Cc2ccco2)cc(OC)c1O. The normalized spacial score (nSPS) is 16.1. The van der Waals surface area contributed by atoms with E-state index in [0.717, 1.165) is 11.8 Å². The molecule has 1 aliphatic rings. The van der Waals surface area contributed by atoms with E-state index in [1.165, 1.54) is 31.6 Å². The molecule has 0 aliphatic carbocycles. The van der Waals surface area contributed by atoms with Gasteiger partial charge in [0.2, 0.25) is 5.75 Å². The number of carbonyl (C=O) groups excluding carboxylic acids is 1. The molecule has 2 heterocycles. The van der Waals surface area contributed by atoms with Crippen LogP contribution in [0.2, 0.25) is 10.0 Å². The molecular formula is C24H19Cl2N3O5S. The van der Waals surface area contributed by atoms with E-state index in [2.05, 4.69) is 10.2 Å². The molecule has 1 saturated heterocycles. The zero-order valence-corrected chi connectivity index (χ0v) is 20.9. The zero-order valence-electron chi connectivity index (χ0n) is 18.6. The first-order valence-corrected chi connectivity index (χ1v) is 11.7. The van der Waals surface area contributed by atoms with Crippen molar-refractivity contribution in [3.05, 3.63) is 80.6 Å². The standard InChI is InChI=1S/C24H19Cl2N3O5S/c1-32-18-9-14(10-19(33-2)22(18)30)12-27-28-24-29(13-16-6-4-8-34-16)23(31)20(35-24)11-15-5-3-7-17(25)21(15)26/h3-12,30H,13H2,1-2H3/b20-11-,27-12-,28-24+. The molecule has 0 radical (unpaired) electrons. The zero-order chi connectivity index (χ0) is 24.9. The highest BCUT2D eigenvalue weighted by Gasteiger charge is 2.34. The van der Waals surface area contributed by atoms with Gasteiger partial charge in [-0.15, -0.1) is 5.10 Å². The summed E-state index contributed by atoms with van der Waals surface area (Å²) in [5.74, 6) is 0.656. The van der Waals surface area contributed by atoms with E-state index in [1.54, 1.807) is 48.5 Å². The van der Waals surface area contributed by atoms with Crippen molar-refractivity contribution in [2.45, 2.75) is 6.54 Å². The highest BCUT2D eigenvalue weighted by Crippen LogP contribution is 2.37. The van der Waals surface area contributed by atoms with Crippen molar-refractivity contribution in [3.63, 3.8) is 0 Å². The minimum Gasteiger partial charge on any atom is -0.502 e. The van der Waals surface area contributed by atoms with Gasteiger partial charge in [0.1, 0.15) is 5.76 Å². The first-order valence-electron chi connectivity index (χ1n) is 10.1. The van der Waals surface area contributed by atoms with Crippen molar-refractivity contribution in [1.29, 1.82) is 0 Å². The molecule has 1 aliphatic heterocycles. The summed E-state index contributed by atoms with van der Waals surface area (Å²) >= 11 is 13.6. The molecule has 1 N–H and O–H groups in total. The van der Waals surface area contributed by atoms with Crippen LogP contribution in [0.1, 0.15) is 16.9 Å². The Morgan fingerprint density at radius 2 is 1.89 bits per heavy atom. The van der Waals surface area contributed by atoms with Gasteiger partial charge in [0, 0.05) is 5.56 Å². The molecule has 0 spiro atoms.